The Kier molecular flexibility index (Phi) is 2.29. The smallest absolute Gasteiger partial charge is 0.234 e. The van der Waals surface area contributed by atoms with Crippen molar-refractivity contribution in [3.05, 3.63) is 40.7 Å². The summed E-state index contributed by atoms with van der Waals surface area (Å²) in [4.78, 5) is 0.835. The van der Waals surface area contributed by atoms with Crippen molar-refractivity contribution in [2.24, 2.45) is 0 Å². The number of hydrogen-bond acceptors (Lipinski definition) is 5. The number of aryl methyl sites for hydroxylation is 1. The lowest BCUT2D eigenvalue weighted by molar-refractivity contribution is 0.840. The van der Waals surface area contributed by atoms with E-state index in [2.05, 4.69) is 15.3 Å². The Balaban J connectivity index is 1.99. The van der Waals surface area contributed by atoms with E-state index in [4.69, 9.17) is 5.73 Å². The second-order valence-corrected chi connectivity index (χ2v) is 5.01. The third-order valence-corrected chi connectivity index (χ3v) is 3.28. The Hall–Kier alpha value is -1.95. The number of nitrogens with zero attached hydrogens (tertiary/aromatic N) is 4. The first-order valence-corrected chi connectivity index (χ1v) is 6.06. The van der Waals surface area contributed by atoms with E-state index in [0.717, 1.165) is 27.0 Å². The van der Waals surface area contributed by atoms with Crippen molar-refractivity contribution in [1.82, 2.24) is 19.8 Å². The van der Waals surface area contributed by atoms with Gasteiger partial charge in [-0.25, -0.2) is 0 Å². The van der Waals surface area contributed by atoms with Gasteiger partial charge in [0.2, 0.25) is 4.96 Å². The normalized spacial score (nSPS) is 11.1. The highest BCUT2D eigenvalue weighted by Gasteiger charge is 2.10. The lowest BCUT2D eigenvalue weighted by Gasteiger charge is -1.99. The largest absolute Gasteiger partial charge is 0.399 e. The van der Waals surface area contributed by atoms with Crippen LogP contribution in [0.3, 0.4) is 0 Å². The van der Waals surface area contributed by atoms with Gasteiger partial charge in [-0.3, -0.25) is 0 Å². The predicted octanol–water partition coefficient (Wildman–Crippen LogP) is 1.67. The van der Waals surface area contributed by atoms with Gasteiger partial charge in [0.25, 0.3) is 0 Å². The van der Waals surface area contributed by atoms with Crippen LogP contribution in [0.4, 0.5) is 5.69 Å². The van der Waals surface area contributed by atoms with Crippen LogP contribution in [-0.2, 0) is 6.42 Å². The van der Waals surface area contributed by atoms with Gasteiger partial charge in [-0.1, -0.05) is 23.5 Å². The molecule has 3 rings (SSSR count). The van der Waals surface area contributed by atoms with Gasteiger partial charge in [-0.2, -0.15) is 9.61 Å². The van der Waals surface area contributed by atoms with Crippen LogP contribution < -0.4 is 5.73 Å². The van der Waals surface area contributed by atoms with Crippen LogP contribution in [0.5, 0.6) is 0 Å². The molecule has 2 aromatic heterocycles. The molecule has 86 valence electrons. The average Bonchev–Trinajstić information content (AvgIpc) is 2.80. The molecule has 0 aliphatic heterocycles. The molecule has 1 aromatic carbocycles. The van der Waals surface area contributed by atoms with Crippen molar-refractivity contribution in [3.8, 4) is 0 Å². The number of hydrogen-bond donors (Lipinski definition) is 1. The summed E-state index contributed by atoms with van der Waals surface area (Å²) in [6.07, 6.45) is 0.690. The molecular weight excluding hydrogens is 234 g/mol. The standard InChI is InChI=1S/C11H11N5S/c1-7-15-16-10(13-14-11(16)17-7)6-8-3-2-4-9(12)5-8/h2-5H,6,12H2,1H3. The summed E-state index contributed by atoms with van der Waals surface area (Å²) in [6.45, 7) is 1.96. The number of anilines is 1. The topological polar surface area (TPSA) is 69.1 Å². The van der Waals surface area contributed by atoms with Gasteiger partial charge in [0.05, 0.1) is 0 Å². The Morgan fingerprint density at radius 3 is 3.06 bits per heavy atom. The molecule has 0 atom stereocenters. The number of fused-ring (bicyclic) bond motifs is 1. The Bertz CT molecular complexity index is 669. The van der Waals surface area contributed by atoms with Crippen molar-refractivity contribution < 1.29 is 0 Å². The number of nitrogen functional groups attached to an aromatic ring is 1. The van der Waals surface area contributed by atoms with Gasteiger partial charge >= 0.3 is 0 Å². The van der Waals surface area contributed by atoms with Crippen LogP contribution in [0.15, 0.2) is 24.3 Å². The van der Waals surface area contributed by atoms with Gasteiger partial charge in [0.15, 0.2) is 5.82 Å². The van der Waals surface area contributed by atoms with Crippen LogP contribution in [0.25, 0.3) is 4.96 Å². The van der Waals surface area contributed by atoms with Crippen LogP contribution in [0.2, 0.25) is 0 Å². The molecule has 0 fully saturated rings. The third-order valence-electron chi connectivity index (χ3n) is 2.47. The van der Waals surface area contributed by atoms with Gasteiger partial charge in [-0.15, -0.1) is 10.2 Å². The molecule has 6 heteroatoms. The van der Waals surface area contributed by atoms with E-state index >= 15 is 0 Å². The average molecular weight is 245 g/mol. The Morgan fingerprint density at radius 1 is 1.35 bits per heavy atom. The molecule has 0 amide bonds. The molecule has 0 unspecified atom stereocenters. The summed E-state index contributed by atoms with van der Waals surface area (Å²) in [5, 5.41) is 13.6. The minimum atomic E-state index is 0.690. The summed E-state index contributed by atoms with van der Waals surface area (Å²) in [5.41, 5.74) is 7.63. The van der Waals surface area contributed by atoms with E-state index in [1.807, 2.05) is 31.2 Å². The monoisotopic (exact) mass is 245 g/mol. The summed E-state index contributed by atoms with van der Waals surface area (Å²) >= 11 is 1.54. The third kappa shape index (κ3) is 1.87. The van der Waals surface area contributed by atoms with Crippen LogP contribution in [0, 0.1) is 6.92 Å². The maximum Gasteiger partial charge on any atom is 0.234 e. The van der Waals surface area contributed by atoms with Crippen molar-refractivity contribution >= 4 is 22.0 Å². The Morgan fingerprint density at radius 2 is 2.24 bits per heavy atom. The first-order valence-electron chi connectivity index (χ1n) is 5.24. The molecule has 0 saturated heterocycles. The molecule has 3 aromatic rings. The van der Waals surface area contributed by atoms with E-state index in [1.54, 1.807) is 15.9 Å². The fraction of sp³-hybridized carbons (Fsp3) is 0.182. The zero-order chi connectivity index (χ0) is 11.8. The lowest BCUT2D eigenvalue weighted by Crippen LogP contribution is -1.98. The maximum absolute atomic E-state index is 5.75. The highest BCUT2D eigenvalue weighted by molar-refractivity contribution is 7.16. The first kappa shape index (κ1) is 10.2. The molecular formula is C11H11N5S. The van der Waals surface area contributed by atoms with E-state index < -0.39 is 0 Å². The second-order valence-electron chi connectivity index (χ2n) is 3.85. The SMILES string of the molecule is Cc1nn2c(Cc3cccc(N)c3)nnc2s1. The summed E-state index contributed by atoms with van der Waals surface area (Å²) in [6, 6.07) is 7.78. The first-order chi connectivity index (χ1) is 8.22. The van der Waals surface area contributed by atoms with Gasteiger partial charge in [-0.05, 0) is 24.6 Å². The molecule has 0 aliphatic carbocycles. The molecule has 0 radical (unpaired) electrons. The van der Waals surface area contributed by atoms with Gasteiger partial charge in [0.1, 0.15) is 5.01 Å². The summed E-state index contributed by atoms with van der Waals surface area (Å²) < 4.78 is 1.79. The Labute approximate surface area is 102 Å². The van der Waals surface area contributed by atoms with Crippen molar-refractivity contribution in [1.29, 1.82) is 0 Å². The van der Waals surface area contributed by atoms with Crippen LogP contribution in [0.1, 0.15) is 16.4 Å². The maximum atomic E-state index is 5.75. The fourth-order valence-electron chi connectivity index (χ4n) is 1.75. The number of rotatable bonds is 2. The lowest BCUT2D eigenvalue weighted by atomic mass is 10.1. The molecule has 0 saturated carbocycles. The van der Waals surface area contributed by atoms with Crippen molar-refractivity contribution in [2.45, 2.75) is 13.3 Å². The minimum absolute atomic E-state index is 0.690. The molecule has 0 spiro atoms. The van der Waals surface area contributed by atoms with Crippen LogP contribution in [-0.4, -0.2) is 19.8 Å². The molecule has 2 heterocycles. The summed E-state index contributed by atoms with van der Waals surface area (Å²) in [5.74, 6) is 0.843. The minimum Gasteiger partial charge on any atom is -0.399 e. The predicted molar refractivity (Wildman–Crippen MR) is 67.1 cm³/mol. The molecule has 5 nitrogen and oxygen atoms in total. The number of nitrogens with two attached hydrogens (primary N) is 1. The van der Waals surface area contributed by atoms with Crippen LogP contribution >= 0.6 is 11.3 Å². The number of benzene rings is 1. The van der Waals surface area contributed by atoms with Crippen molar-refractivity contribution in [3.63, 3.8) is 0 Å². The zero-order valence-corrected chi connectivity index (χ0v) is 10.1. The van der Waals surface area contributed by atoms with E-state index in [9.17, 15) is 0 Å². The summed E-state index contributed by atoms with van der Waals surface area (Å²) in [7, 11) is 0. The molecule has 0 bridgehead atoms. The zero-order valence-electron chi connectivity index (χ0n) is 9.29. The highest BCUT2D eigenvalue weighted by atomic mass is 32.1. The van der Waals surface area contributed by atoms with E-state index in [1.165, 1.54) is 0 Å². The van der Waals surface area contributed by atoms with Crippen molar-refractivity contribution in [2.75, 3.05) is 5.73 Å². The quantitative estimate of drug-likeness (QED) is 0.697. The molecule has 17 heavy (non-hydrogen) atoms. The van der Waals surface area contributed by atoms with Gasteiger partial charge in [0, 0.05) is 12.1 Å². The molecule has 0 aliphatic rings. The fourth-order valence-corrected chi connectivity index (χ4v) is 2.45. The number of aromatic nitrogens is 4. The molecule has 2 N–H and O–H groups in total. The van der Waals surface area contributed by atoms with E-state index in [-0.39, 0.29) is 0 Å². The van der Waals surface area contributed by atoms with Gasteiger partial charge < -0.3 is 5.73 Å². The van der Waals surface area contributed by atoms with E-state index in [0.29, 0.717) is 6.42 Å². The highest BCUT2D eigenvalue weighted by Crippen LogP contribution is 2.16. The second kappa shape index (κ2) is 3.81.